The van der Waals surface area contributed by atoms with Crippen molar-refractivity contribution in [1.82, 2.24) is 20.0 Å². The first-order chi connectivity index (χ1) is 18.5. The molecule has 0 spiro atoms. The molecule has 0 bridgehead atoms. The fourth-order valence-corrected chi connectivity index (χ4v) is 4.73. The molecule has 1 aliphatic rings. The molecule has 2 N–H and O–H groups in total. The number of benzene rings is 2. The summed E-state index contributed by atoms with van der Waals surface area (Å²) in [5, 5.41) is 17.6. The number of halogens is 1. The number of carbonyl (C=O) groups is 1. The van der Waals surface area contributed by atoms with Gasteiger partial charge >= 0.3 is 0 Å². The Labute approximate surface area is 224 Å². The van der Waals surface area contributed by atoms with E-state index in [1.54, 1.807) is 17.0 Å². The molecule has 4 aromatic rings. The Balaban J connectivity index is 1.30. The molecule has 0 radical (unpaired) electrons. The van der Waals surface area contributed by atoms with Gasteiger partial charge in [0.2, 0.25) is 5.91 Å². The van der Waals surface area contributed by atoms with Gasteiger partial charge in [-0.3, -0.25) is 4.79 Å². The number of aliphatic hydroxyl groups is 1. The molecule has 1 amide bonds. The van der Waals surface area contributed by atoms with Crippen LogP contribution < -0.4 is 14.8 Å². The number of likely N-dealkylation sites (tertiary alicyclic amines) is 1. The van der Waals surface area contributed by atoms with E-state index in [4.69, 9.17) is 25.6 Å². The SMILES string of the molecule is Cc1cc(COc2ccc(Nc3ncnc4cccc(OC[C@@H]5CCCN(C(=O)CO)C5)c34)cc2Cl)no1. The summed E-state index contributed by atoms with van der Waals surface area (Å²) in [6, 6.07) is 12.9. The number of amides is 1. The Kier molecular flexibility index (Phi) is 7.90. The van der Waals surface area contributed by atoms with Gasteiger partial charge in [0.1, 0.15) is 48.3 Å². The third-order valence-electron chi connectivity index (χ3n) is 6.35. The topological polar surface area (TPSA) is 123 Å². The van der Waals surface area contributed by atoms with Gasteiger partial charge in [-0.05, 0) is 50.1 Å². The zero-order valence-electron chi connectivity index (χ0n) is 20.9. The van der Waals surface area contributed by atoms with E-state index in [0.29, 0.717) is 53.5 Å². The van der Waals surface area contributed by atoms with E-state index in [-0.39, 0.29) is 18.4 Å². The number of aromatic nitrogens is 3. The fourth-order valence-electron chi connectivity index (χ4n) is 4.50. The summed E-state index contributed by atoms with van der Waals surface area (Å²) in [6.07, 6.45) is 3.32. The molecule has 5 rings (SSSR count). The van der Waals surface area contributed by atoms with Crippen molar-refractivity contribution in [2.75, 3.05) is 31.6 Å². The van der Waals surface area contributed by atoms with Gasteiger partial charge in [0.05, 0.1) is 22.5 Å². The Morgan fingerprint density at radius 1 is 1.21 bits per heavy atom. The van der Waals surface area contributed by atoms with Gasteiger partial charge in [-0.15, -0.1) is 0 Å². The van der Waals surface area contributed by atoms with E-state index in [2.05, 4.69) is 20.4 Å². The van der Waals surface area contributed by atoms with Crippen LogP contribution in [0.25, 0.3) is 10.9 Å². The zero-order valence-corrected chi connectivity index (χ0v) is 21.6. The lowest BCUT2D eigenvalue weighted by molar-refractivity contribution is -0.136. The van der Waals surface area contributed by atoms with Gasteiger partial charge in [0.25, 0.3) is 0 Å². The number of carbonyl (C=O) groups excluding carboxylic acids is 1. The normalized spacial score (nSPS) is 15.4. The fraction of sp³-hybridized carbons (Fsp3) is 0.333. The van der Waals surface area contributed by atoms with Crippen LogP contribution in [-0.4, -0.2) is 57.3 Å². The minimum atomic E-state index is -0.471. The van der Waals surface area contributed by atoms with Crippen molar-refractivity contribution < 1.29 is 23.9 Å². The number of rotatable bonds is 9. The summed E-state index contributed by atoms with van der Waals surface area (Å²) in [5.41, 5.74) is 2.14. The van der Waals surface area contributed by atoms with Crippen molar-refractivity contribution in [3.8, 4) is 11.5 Å². The van der Waals surface area contributed by atoms with Crippen LogP contribution in [0.4, 0.5) is 11.5 Å². The van der Waals surface area contributed by atoms with E-state index >= 15 is 0 Å². The standard InChI is InChI=1S/C27H28ClN5O5/c1-17-10-20(32-38-17)15-37-23-8-7-19(11-21(23)28)31-27-26-22(29-16-30-27)5-2-6-24(26)36-14-18-4-3-9-33(12-18)25(35)13-34/h2,5-8,10-11,16,18,34H,3-4,9,12-15H2,1H3,(H,29,30,31)/t18-/m1/s1. The summed E-state index contributed by atoms with van der Waals surface area (Å²) in [7, 11) is 0. The summed E-state index contributed by atoms with van der Waals surface area (Å²) < 4.78 is 17.1. The number of aliphatic hydroxyl groups excluding tert-OH is 1. The van der Waals surface area contributed by atoms with E-state index in [0.717, 1.165) is 29.4 Å². The van der Waals surface area contributed by atoms with Crippen LogP contribution in [0, 0.1) is 12.8 Å². The highest BCUT2D eigenvalue weighted by molar-refractivity contribution is 6.32. The summed E-state index contributed by atoms with van der Waals surface area (Å²) in [5.74, 6) is 2.38. The highest BCUT2D eigenvalue weighted by Gasteiger charge is 2.24. The molecule has 0 saturated carbocycles. The predicted molar refractivity (Wildman–Crippen MR) is 142 cm³/mol. The van der Waals surface area contributed by atoms with Crippen LogP contribution >= 0.6 is 11.6 Å². The predicted octanol–water partition coefficient (Wildman–Crippen LogP) is 4.51. The average Bonchev–Trinajstić information content (AvgIpc) is 3.36. The maximum absolute atomic E-state index is 11.9. The molecule has 2 aromatic carbocycles. The third kappa shape index (κ3) is 5.98. The summed E-state index contributed by atoms with van der Waals surface area (Å²) in [4.78, 5) is 22.5. The first-order valence-corrected chi connectivity index (χ1v) is 12.7. The van der Waals surface area contributed by atoms with Crippen LogP contribution in [0.2, 0.25) is 5.02 Å². The number of hydrogen-bond acceptors (Lipinski definition) is 9. The Morgan fingerprint density at radius 3 is 2.89 bits per heavy atom. The molecule has 3 heterocycles. The van der Waals surface area contributed by atoms with Gasteiger partial charge in [-0.1, -0.05) is 22.8 Å². The van der Waals surface area contributed by atoms with E-state index in [1.165, 1.54) is 6.33 Å². The number of fused-ring (bicyclic) bond motifs is 1. The Bertz CT molecular complexity index is 1420. The molecule has 0 aliphatic carbocycles. The second-order valence-electron chi connectivity index (χ2n) is 9.18. The molecule has 1 fully saturated rings. The molecule has 198 valence electrons. The van der Waals surface area contributed by atoms with E-state index in [9.17, 15) is 9.90 Å². The van der Waals surface area contributed by atoms with Gasteiger partial charge in [0.15, 0.2) is 0 Å². The number of aryl methyl sites for hydroxylation is 1. The first kappa shape index (κ1) is 25.7. The molecule has 10 nitrogen and oxygen atoms in total. The quantitative estimate of drug-likeness (QED) is 0.317. The zero-order chi connectivity index (χ0) is 26.5. The van der Waals surface area contributed by atoms with Gasteiger partial charge in [-0.2, -0.15) is 0 Å². The summed E-state index contributed by atoms with van der Waals surface area (Å²) in [6.45, 7) is 3.26. The number of piperidine rings is 1. The number of nitrogens with zero attached hydrogens (tertiary/aromatic N) is 4. The third-order valence-corrected chi connectivity index (χ3v) is 6.65. The number of anilines is 2. The maximum Gasteiger partial charge on any atom is 0.248 e. The smallest absolute Gasteiger partial charge is 0.248 e. The highest BCUT2D eigenvalue weighted by atomic mass is 35.5. The minimum Gasteiger partial charge on any atom is -0.492 e. The van der Waals surface area contributed by atoms with Gasteiger partial charge in [-0.25, -0.2) is 9.97 Å². The molecular weight excluding hydrogens is 510 g/mol. The van der Waals surface area contributed by atoms with Gasteiger partial charge in [0, 0.05) is 30.8 Å². The largest absolute Gasteiger partial charge is 0.492 e. The highest BCUT2D eigenvalue weighted by Crippen LogP contribution is 2.34. The second-order valence-corrected chi connectivity index (χ2v) is 9.58. The lowest BCUT2D eigenvalue weighted by Crippen LogP contribution is -2.42. The second kappa shape index (κ2) is 11.7. The van der Waals surface area contributed by atoms with Crippen molar-refractivity contribution in [2.24, 2.45) is 5.92 Å². The van der Waals surface area contributed by atoms with Crippen molar-refractivity contribution in [1.29, 1.82) is 0 Å². The van der Waals surface area contributed by atoms with Gasteiger partial charge < -0.3 is 29.3 Å². The molecule has 11 heteroatoms. The Morgan fingerprint density at radius 2 is 2.11 bits per heavy atom. The molecule has 1 saturated heterocycles. The molecule has 2 aromatic heterocycles. The maximum atomic E-state index is 11.9. The molecule has 1 aliphatic heterocycles. The molecule has 38 heavy (non-hydrogen) atoms. The lowest BCUT2D eigenvalue weighted by atomic mass is 9.99. The van der Waals surface area contributed by atoms with Crippen molar-refractivity contribution >= 4 is 39.9 Å². The Hall–Kier alpha value is -3.89. The monoisotopic (exact) mass is 537 g/mol. The molecule has 1 atom stereocenters. The van der Waals surface area contributed by atoms with Crippen molar-refractivity contribution in [3.63, 3.8) is 0 Å². The van der Waals surface area contributed by atoms with Crippen molar-refractivity contribution in [3.05, 3.63) is 65.3 Å². The molecular formula is C27H28ClN5O5. The van der Waals surface area contributed by atoms with Crippen LogP contribution in [0.5, 0.6) is 11.5 Å². The van der Waals surface area contributed by atoms with E-state index in [1.807, 2.05) is 37.3 Å². The summed E-state index contributed by atoms with van der Waals surface area (Å²) >= 11 is 6.49. The number of hydrogen-bond donors (Lipinski definition) is 2. The van der Waals surface area contributed by atoms with Crippen LogP contribution in [0.3, 0.4) is 0 Å². The average molecular weight is 538 g/mol. The minimum absolute atomic E-state index is 0.170. The van der Waals surface area contributed by atoms with E-state index < -0.39 is 6.61 Å². The molecule has 0 unspecified atom stereocenters. The van der Waals surface area contributed by atoms with Crippen LogP contribution in [0.15, 0.2) is 53.3 Å². The number of nitrogens with one attached hydrogen (secondary N) is 1. The van der Waals surface area contributed by atoms with Crippen molar-refractivity contribution in [2.45, 2.75) is 26.4 Å². The first-order valence-electron chi connectivity index (χ1n) is 12.4. The number of ether oxygens (including phenoxy) is 2. The van der Waals surface area contributed by atoms with Crippen LogP contribution in [0.1, 0.15) is 24.3 Å². The van der Waals surface area contributed by atoms with Crippen LogP contribution in [-0.2, 0) is 11.4 Å². The lowest BCUT2D eigenvalue weighted by Gasteiger charge is -2.32.